The Hall–Kier alpha value is -3.42. The van der Waals surface area contributed by atoms with Gasteiger partial charge in [0.2, 0.25) is 0 Å². The molecule has 2 N–H and O–H groups in total. The highest BCUT2D eigenvalue weighted by molar-refractivity contribution is 6.30. The van der Waals surface area contributed by atoms with E-state index < -0.39 is 0 Å². The Morgan fingerprint density at radius 1 is 1.11 bits per heavy atom. The first kappa shape index (κ1) is 23.3. The highest BCUT2D eigenvalue weighted by Crippen LogP contribution is 2.31. The molecule has 0 spiro atoms. The topological polar surface area (TPSA) is 74.6 Å². The molecule has 3 heterocycles. The molecule has 2 aromatic heterocycles. The number of fused-ring (bicyclic) bond motifs is 1. The van der Waals surface area contributed by atoms with Gasteiger partial charge in [0.1, 0.15) is 5.69 Å². The molecule has 0 radical (unpaired) electrons. The van der Waals surface area contributed by atoms with E-state index in [0.717, 1.165) is 60.9 Å². The number of amides is 1. The number of rotatable bonds is 7. The molecule has 1 fully saturated rings. The Balaban J connectivity index is 1.35. The monoisotopic (exact) mass is 488 g/mol. The molecule has 0 bridgehead atoms. The summed E-state index contributed by atoms with van der Waals surface area (Å²) < 4.78 is 1.67. The number of piperidine rings is 1. The van der Waals surface area contributed by atoms with Gasteiger partial charge in [0.15, 0.2) is 5.65 Å². The molecule has 1 amide bonds. The fourth-order valence-electron chi connectivity index (χ4n) is 4.71. The summed E-state index contributed by atoms with van der Waals surface area (Å²) >= 11 is 6.18. The number of carbonyl (C=O) groups is 1. The van der Waals surface area contributed by atoms with Crippen LogP contribution >= 0.6 is 11.6 Å². The van der Waals surface area contributed by atoms with Crippen LogP contribution in [0.25, 0.3) is 16.8 Å². The maximum atomic E-state index is 13.2. The minimum atomic E-state index is -0.248. The Morgan fingerprint density at radius 3 is 2.74 bits per heavy atom. The van der Waals surface area contributed by atoms with Crippen LogP contribution < -0.4 is 15.5 Å². The third-order valence-corrected chi connectivity index (χ3v) is 6.88. The summed E-state index contributed by atoms with van der Waals surface area (Å²) in [5, 5.41) is 11.4. The van der Waals surface area contributed by atoms with Crippen LogP contribution in [0.5, 0.6) is 0 Å². The summed E-state index contributed by atoms with van der Waals surface area (Å²) in [5.74, 6) is 0.503. The van der Waals surface area contributed by atoms with Gasteiger partial charge in [-0.05, 0) is 74.7 Å². The highest BCUT2D eigenvalue weighted by Gasteiger charge is 2.22. The van der Waals surface area contributed by atoms with Crippen molar-refractivity contribution in [2.24, 2.45) is 5.92 Å². The number of aromatic nitrogens is 3. The lowest BCUT2D eigenvalue weighted by Gasteiger charge is -2.34. The Labute approximate surface area is 210 Å². The number of anilines is 2. The van der Waals surface area contributed by atoms with Crippen molar-refractivity contribution in [2.75, 3.05) is 36.9 Å². The molecule has 4 aromatic rings. The number of benzene rings is 2. The number of hydrogen-bond acceptors (Lipinski definition) is 5. The predicted octanol–water partition coefficient (Wildman–Crippen LogP) is 5.13. The van der Waals surface area contributed by atoms with Crippen LogP contribution in [-0.4, -0.2) is 47.2 Å². The number of carbonyl (C=O) groups excluding carboxylic acids is 1. The van der Waals surface area contributed by atoms with Gasteiger partial charge in [-0.3, -0.25) is 4.79 Å². The molecule has 0 saturated carbocycles. The fraction of sp³-hybridized carbons (Fsp3) is 0.296. The lowest BCUT2D eigenvalue weighted by atomic mass is 9.93. The second-order valence-corrected chi connectivity index (χ2v) is 9.38. The average molecular weight is 489 g/mol. The predicted molar refractivity (Wildman–Crippen MR) is 141 cm³/mol. The van der Waals surface area contributed by atoms with Crippen molar-refractivity contribution in [1.82, 2.24) is 19.9 Å². The zero-order valence-electron chi connectivity index (χ0n) is 19.7. The van der Waals surface area contributed by atoms with Crippen LogP contribution in [0.1, 0.15) is 29.8 Å². The van der Waals surface area contributed by atoms with Crippen LogP contribution in [0.4, 0.5) is 11.4 Å². The van der Waals surface area contributed by atoms with Crippen molar-refractivity contribution in [3.63, 3.8) is 0 Å². The molecule has 0 unspecified atom stereocenters. The number of nitrogens with zero attached hydrogens (tertiary/aromatic N) is 4. The normalized spacial score (nSPS) is 14.4. The molecule has 1 aliphatic heterocycles. The van der Waals surface area contributed by atoms with Gasteiger partial charge in [-0.15, -0.1) is 0 Å². The molecular formula is C27H29ClN6O. The first-order chi connectivity index (χ1) is 17.1. The van der Waals surface area contributed by atoms with E-state index in [-0.39, 0.29) is 5.91 Å². The minimum Gasteiger partial charge on any atom is -0.370 e. The smallest absolute Gasteiger partial charge is 0.274 e. The number of hydrogen-bond donors (Lipinski definition) is 2. The lowest BCUT2D eigenvalue weighted by Crippen LogP contribution is -2.35. The maximum Gasteiger partial charge on any atom is 0.274 e. The quantitative estimate of drug-likeness (QED) is 0.377. The summed E-state index contributed by atoms with van der Waals surface area (Å²) in [7, 11) is 2.01. The highest BCUT2D eigenvalue weighted by atomic mass is 35.5. The molecule has 1 aliphatic rings. The third-order valence-electron chi connectivity index (χ3n) is 6.65. The summed E-state index contributed by atoms with van der Waals surface area (Å²) in [6.45, 7) is 3.04. The van der Waals surface area contributed by atoms with E-state index in [1.165, 1.54) is 6.42 Å². The van der Waals surface area contributed by atoms with Crippen molar-refractivity contribution in [2.45, 2.75) is 19.3 Å². The lowest BCUT2D eigenvalue weighted by molar-refractivity contribution is 0.102. The van der Waals surface area contributed by atoms with Crippen molar-refractivity contribution >= 4 is 34.5 Å². The average Bonchev–Trinajstić information content (AvgIpc) is 3.31. The van der Waals surface area contributed by atoms with Gasteiger partial charge in [0.25, 0.3) is 5.91 Å². The van der Waals surface area contributed by atoms with E-state index in [0.29, 0.717) is 16.4 Å². The van der Waals surface area contributed by atoms with Gasteiger partial charge in [-0.1, -0.05) is 35.9 Å². The van der Waals surface area contributed by atoms with E-state index in [9.17, 15) is 4.79 Å². The SMILES string of the molecule is CNCCC1CCN(c2ccccc2NC(=O)c2ccn3ncc(-c4cccc(Cl)c4)c3n2)CC1. The molecule has 180 valence electrons. The summed E-state index contributed by atoms with van der Waals surface area (Å²) in [5.41, 5.74) is 4.53. The number of para-hydroxylation sites is 2. The third kappa shape index (κ3) is 5.16. The summed E-state index contributed by atoms with van der Waals surface area (Å²) in [6.07, 6.45) is 7.03. The zero-order chi connectivity index (χ0) is 24.2. The van der Waals surface area contributed by atoms with Gasteiger partial charge in [0, 0.05) is 29.9 Å². The van der Waals surface area contributed by atoms with E-state index in [1.54, 1.807) is 23.0 Å². The van der Waals surface area contributed by atoms with Crippen molar-refractivity contribution < 1.29 is 4.79 Å². The fourth-order valence-corrected chi connectivity index (χ4v) is 4.90. The number of nitrogens with one attached hydrogen (secondary N) is 2. The maximum absolute atomic E-state index is 13.2. The van der Waals surface area contributed by atoms with E-state index in [4.69, 9.17) is 11.6 Å². The second kappa shape index (κ2) is 10.5. The Bertz CT molecular complexity index is 1330. The van der Waals surface area contributed by atoms with Crippen molar-refractivity contribution in [1.29, 1.82) is 0 Å². The molecule has 1 saturated heterocycles. The first-order valence-electron chi connectivity index (χ1n) is 12.0. The molecule has 8 heteroatoms. The van der Waals surface area contributed by atoms with Crippen LogP contribution in [-0.2, 0) is 0 Å². The van der Waals surface area contributed by atoms with E-state index in [1.807, 2.05) is 49.5 Å². The molecular weight excluding hydrogens is 460 g/mol. The molecule has 0 aliphatic carbocycles. The molecule has 7 nitrogen and oxygen atoms in total. The largest absolute Gasteiger partial charge is 0.370 e. The van der Waals surface area contributed by atoms with Gasteiger partial charge in [-0.25, -0.2) is 9.50 Å². The Kier molecular flexibility index (Phi) is 6.97. The molecule has 2 aromatic carbocycles. The summed E-state index contributed by atoms with van der Waals surface area (Å²) in [4.78, 5) is 20.3. The van der Waals surface area contributed by atoms with Crippen LogP contribution in [0.15, 0.2) is 67.0 Å². The van der Waals surface area contributed by atoms with Crippen molar-refractivity contribution in [3.05, 3.63) is 77.7 Å². The molecule has 5 rings (SSSR count). The van der Waals surface area contributed by atoms with Crippen molar-refractivity contribution in [3.8, 4) is 11.1 Å². The van der Waals surface area contributed by atoms with Crippen LogP contribution in [0, 0.1) is 5.92 Å². The standard InChI is InChI=1S/C27H29ClN6O/c1-29-13-9-19-10-14-33(15-11-19)25-8-3-2-7-23(25)32-27(35)24-12-16-34-26(31-24)22(18-30-34)20-5-4-6-21(28)17-20/h2-8,12,16-19,29H,9-11,13-15H2,1H3,(H,32,35). The zero-order valence-corrected chi connectivity index (χ0v) is 20.5. The summed E-state index contributed by atoms with van der Waals surface area (Å²) in [6, 6.07) is 17.2. The van der Waals surface area contributed by atoms with Gasteiger partial charge < -0.3 is 15.5 Å². The van der Waals surface area contributed by atoms with Gasteiger partial charge >= 0.3 is 0 Å². The van der Waals surface area contributed by atoms with Crippen LogP contribution in [0.3, 0.4) is 0 Å². The second-order valence-electron chi connectivity index (χ2n) is 8.94. The number of halogens is 1. The van der Waals surface area contributed by atoms with Gasteiger partial charge in [0.05, 0.1) is 17.6 Å². The van der Waals surface area contributed by atoms with Crippen LogP contribution in [0.2, 0.25) is 5.02 Å². The van der Waals surface area contributed by atoms with E-state index >= 15 is 0 Å². The van der Waals surface area contributed by atoms with Gasteiger partial charge in [-0.2, -0.15) is 5.10 Å². The van der Waals surface area contributed by atoms with E-state index in [2.05, 4.69) is 31.7 Å². The first-order valence-corrected chi connectivity index (χ1v) is 12.4. The minimum absolute atomic E-state index is 0.248. The Morgan fingerprint density at radius 2 is 1.94 bits per heavy atom. The molecule has 0 atom stereocenters. The molecule has 35 heavy (non-hydrogen) atoms.